The van der Waals surface area contributed by atoms with E-state index >= 15 is 0 Å². The fraction of sp³-hybridized carbons (Fsp3) is 0.500. The molecule has 6 heteroatoms. The summed E-state index contributed by atoms with van der Waals surface area (Å²) in [6.07, 6.45) is 2.74. The van der Waals surface area contributed by atoms with Crippen LogP contribution in [-0.4, -0.2) is 12.0 Å². The van der Waals surface area contributed by atoms with Gasteiger partial charge in [-0.05, 0) is 42.3 Å². The standard InChI is InChI=1S/C10H12BF3N.K/c1-10(3-4-10)8-2-5-15-9(6-8)7-11(12,13)14;/h2,5-6H,3-4,7H2,1H3;/q-1;+1. The van der Waals surface area contributed by atoms with Crippen molar-refractivity contribution in [1.29, 1.82) is 0 Å². The van der Waals surface area contributed by atoms with Crippen LogP contribution in [0.2, 0.25) is 0 Å². The molecule has 1 saturated carbocycles. The van der Waals surface area contributed by atoms with Crippen molar-refractivity contribution in [1.82, 2.24) is 4.98 Å². The molecule has 1 nitrogen and oxygen atoms in total. The molecule has 1 aliphatic carbocycles. The summed E-state index contributed by atoms with van der Waals surface area (Å²) < 4.78 is 36.6. The maximum absolute atomic E-state index is 12.2. The zero-order chi connectivity index (χ0) is 11.1. The molecule has 1 heterocycles. The van der Waals surface area contributed by atoms with Gasteiger partial charge in [-0.25, -0.2) is 0 Å². The molecule has 0 bridgehead atoms. The summed E-state index contributed by atoms with van der Waals surface area (Å²) in [7, 11) is 0. The topological polar surface area (TPSA) is 12.9 Å². The van der Waals surface area contributed by atoms with E-state index in [0.717, 1.165) is 18.4 Å². The van der Waals surface area contributed by atoms with Crippen LogP contribution in [-0.2, 0) is 11.7 Å². The van der Waals surface area contributed by atoms with E-state index in [1.54, 1.807) is 6.07 Å². The van der Waals surface area contributed by atoms with Gasteiger partial charge in [0.05, 0.1) is 0 Å². The van der Waals surface area contributed by atoms with Crippen LogP contribution in [0.15, 0.2) is 18.3 Å². The molecule has 0 aliphatic heterocycles. The van der Waals surface area contributed by atoms with Crippen LogP contribution in [0.5, 0.6) is 0 Å². The van der Waals surface area contributed by atoms with Crippen molar-refractivity contribution in [3.8, 4) is 0 Å². The molecule has 82 valence electrons. The third-order valence-corrected chi connectivity index (χ3v) is 2.95. The summed E-state index contributed by atoms with van der Waals surface area (Å²) >= 11 is 0. The van der Waals surface area contributed by atoms with Crippen LogP contribution in [0.25, 0.3) is 0 Å². The van der Waals surface area contributed by atoms with Crippen molar-refractivity contribution < 1.29 is 64.3 Å². The number of pyridine rings is 1. The Hall–Kier alpha value is 0.641. The molecule has 0 atom stereocenters. The van der Waals surface area contributed by atoms with Gasteiger partial charge in [0.25, 0.3) is 0 Å². The minimum absolute atomic E-state index is 0. The minimum atomic E-state index is -4.78. The van der Waals surface area contributed by atoms with E-state index in [4.69, 9.17) is 0 Å². The molecule has 0 amide bonds. The first-order valence-electron chi connectivity index (χ1n) is 5.05. The first kappa shape index (κ1) is 14.7. The maximum Gasteiger partial charge on any atom is 1.00 e. The van der Waals surface area contributed by atoms with Gasteiger partial charge in [-0.1, -0.05) is 6.92 Å². The van der Waals surface area contributed by atoms with Crippen molar-refractivity contribution in [2.75, 3.05) is 0 Å². The van der Waals surface area contributed by atoms with Crippen molar-refractivity contribution in [2.45, 2.75) is 31.5 Å². The average molecular weight is 253 g/mol. The van der Waals surface area contributed by atoms with E-state index in [1.807, 2.05) is 6.07 Å². The summed E-state index contributed by atoms with van der Waals surface area (Å²) in [5.74, 6) is 0. The summed E-state index contributed by atoms with van der Waals surface area (Å²) in [6.45, 7) is -2.70. The maximum atomic E-state index is 12.2. The van der Waals surface area contributed by atoms with Crippen LogP contribution >= 0.6 is 0 Å². The van der Waals surface area contributed by atoms with Crippen LogP contribution in [0.3, 0.4) is 0 Å². The molecule has 0 radical (unpaired) electrons. The Morgan fingerprint density at radius 3 is 2.50 bits per heavy atom. The van der Waals surface area contributed by atoms with E-state index in [-0.39, 0.29) is 62.5 Å². The smallest absolute Gasteiger partial charge is 0.449 e. The number of aromatic nitrogens is 1. The molecule has 1 aliphatic rings. The van der Waals surface area contributed by atoms with Gasteiger partial charge in [-0.3, -0.25) is 4.98 Å². The number of rotatable bonds is 3. The van der Waals surface area contributed by atoms with Crippen molar-refractivity contribution in [3.63, 3.8) is 0 Å². The first-order valence-corrected chi connectivity index (χ1v) is 5.05. The number of nitrogens with zero attached hydrogens (tertiary/aromatic N) is 1. The molecule has 2 rings (SSSR count). The van der Waals surface area contributed by atoms with Gasteiger partial charge in [-0.2, -0.15) is 0 Å². The molecule has 1 aromatic rings. The second-order valence-corrected chi connectivity index (χ2v) is 4.51. The first-order chi connectivity index (χ1) is 6.89. The van der Waals surface area contributed by atoms with Gasteiger partial charge in [0.2, 0.25) is 0 Å². The van der Waals surface area contributed by atoms with E-state index in [1.165, 1.54) is 6.20 Å². The summed E-state index contributed by atoms with van der Waals surface area (Å²) in [5.41, 5.74) is 1.25. The molecule has 0 aromatic carbocycles. The van der Waals surface area contributed by atoms with Gasteiger partial charge < -0.3 is 12.9 Å². The predicted molar refractivity (Wildman–Crippen MR) is 53.6 cm³/mol. The molecular weight excluding hydrogens is 241 g/mol. The van der Waals surface area contributed by atoms with Gasteiger partial charge in [0, 0.05) is 11.9 Å². The number of hydrogen-bond acceptors (Lipinski definition) is 1. The van der Waals surface area contributed by atoms with Crippen molar-refractivity contribution in [3.05, 3.63) is 29.6 Å². The average Bonchev–Trinajstić information content (AvgIpc) is 2.82. The van der Waals surface area contributed by atoms with Crippen LogP contribution in [0, 0.1) is 0 Å². The monoisotopic (exact) mass is 253 g/mol. The minimum Gasteiger partial charge on any atom is -0.449 e. The zero-order valence-electron chi connectivity index (χ0n) is 9.51. The van der Waals surface area contributed by atoms with Gasteiger partial charge in [0.1, 0.15) is 0 Å². The van der Waals surface area contributed by atoms with E-state index in [0.29, 0.717) is 0 Å². The fourth-order valence-electron chi connectivity index (χ4n) is 1.68. The Labute approximate surface area is 136 Å². The number of hydrogen-bond donors (Lipinski definition) is 0. The molecule has 0 saturated heterocycles. The Morgan fingerprint density at radius 2 is 2.00 bits per heavy atom. The number of halogens is 3. The Bertz CT molecular complexity index is 377. The SMILES string of the molecule is CC1(c2ccnc(C[B-](F)(F)F)c2)CC1.[K+]. The molecule has 0 unspecified atom stereocenters. The molecule has 0 spiro atoms. The zero-order valence-corrected chi connectivity index (χ0v) is 12.6. The normalized spacial score (nSPS) is 17.8. The third-order valence-electron chi connectivity index (χ3n) is 2.95. The molecule has 1 fully saturated rings. The molecule has 16 heavy (non-hydrogen) atoms. The second-order valence-electron chi connectivity index (χ2n) is 4.51. The quantitative estimate of drug-likeness (QED) is 0.694. The van der Waals surface area contributed by atoms with Gasteiger partial charge >= 0.3 is 58.4 Å². The Balaban J connectivity index is 0.00000128. The van der Waals surface area contributed by atoms with Crippen molar-refractivity contribution >= 4 is 6.98 Å². The molecular formula is C10H12BF3KN. The summed E-state index contributed by atoms with van der Waals surface area (Å²) in [6, 6.07) is 3.42. The van der Waals surface area contributed by atoms with Crippen LogP contribution in [0.4, 0.5) is 12.9 Å². The largest absolute Gasteiger partial charge is 1.00 e. The Kier molecular flexibility index (Phi) is 4.69. The van der Waals surface area contributed by atoms with E-state index in [2.05, 4.69) is 11.9 Å². The van der Waals surface area contributed by atoms with E-state index in [9.17, 15) is 12.9 Å². The van der Waals surface area contributed by atoms with Gasteiger partial charge in [-0.15, -0.1) is 0 Å². The molecule has 0 N–H and O–H groups in total. The van der Waals surface area contributed by atoms with Crippen LogP contribution < -0.4 is 51.4 Å². The Morgan fingerprint density at radius 1 is 1.38 bits per heavy atom. The van der Waals surface area contributed by atoms with Crippen molar-refractivity contribution in [2.24, 2.45) is 0 Å². The fourth-order valence-corrected chi connectivity index (χ4v) is 1.68. The summed E-state index contributed by atoms with van der Waals surface area (Å²) in [5, 5.41) is 0. The second kappa shape index (κ2) is 5.10. The third kappa shape index (κ3) is 3.84. The van der Waals surface area contributed by atoms with Crippen LogP contribution in [0.1, 0.15) is 31.0 Å². The molecule has 1 aromatic heterocycles. The summed E-state index contributed by atoms with van der Waals surface area (Å²) in [4.78, 5) is 3.76. The predicted octanol–water partition coefficient (Wildman–Crippen LogP) is 0.0662. The van der Waals surface area contributed by atoms with Gasteiger partial charge in [0.15, 0.2) is 0 Å². The van der Waals surface area contributed by atoms with E-state index < -0.39 is 13.3 Å².